The van der Waals surface area contributed by atoms with Gasteiger partial charge in [-0.2, -0.15) is 0 Å². The molecule has 4 heteroatoms. The maximum Gasteiger partial charge on any atom is 0.336 e. The zero-order valence-corrected chi connectivity index (χ0v) is 9.60. The van der Waals surface area contributed by atoms with E-state index in [0.29, 0.717) is 17.3 Å². The highest BCUT2D eigenvalue weighted by atomic mass is 16.5. The van der Waals surface area contributed by atoms with Gasteiger partial charge >= 0.3 is 5.97 Å². The van der Waals surface area contributed by atoms with Gasteiger partial charge in [-0.25, -0.2) is 4.79 Å². The number of hydrogen-bond acceptors (Lipinski definition) is 4. The van der Waals surface area contributed by atoms with Crippen LogP contribution in [0.2, 0.25) is 0 Å². The van der Waals surface area contributed by atoms with Crippen LogP contribution in [0.1, 0.15) is 5.56 Å². The maximum absolute atomic E-state index is 10.9. The fraction of sp³-hybridized carbons (Fsp3) is 0.154. The molecule has 0 aliphatic carbocycles. The molecule has 1 aliphatic heterocycles. The molecule has 1 aromatic rings. The van der Waals surface area contributed by atoms with Crippen molar-refractivity contribution in [3.8, 4) is 11.5 Å². The van der Waals surface area contributed by atoms with E-state index < -0.39 is 0 Å². The molecule has 1 aromatic carbocycles. The molecule has 0 fully saturated rings. The van der Waals surface area contributed by atoms with Crippen LogP contribution in [0.4, 0.5) is 0 Å². The summed E-state index contributed by atoms with van der Waals surface area (Å²) < 4.78 is 15.2. The SMILES string of the molecule is COc1ccc(/C=C2/C=CC(=O)O2)cc1OC. The highest BCUT2D eigenvalue weighted by Gasteiger charge is 2.10. The van der Waals surface area contributed by atoms with Gasteiger partial charge in [0.1, 0.15) is 5.76 Å². The molecule has 0 N–H and O–H groups in total. The summed E-state index contributed by atoms with van der Waals surface area (Å²) >= 11 is 0. The van der Waals surface area contributed by atoms with Crippen molar-refractivity contribution in [1.29, 1.82) is 0 Å². The molecule has 88 valence electrons. The van der Waals surface area contributed by atoms with E-state index in [4.69, 9.17) is 14.2 Å². The van der Waals surface area contributed by atoms with Gasteiger partial charge < -0.3 is 14.2 Å². The number of cyclic esters (lactones) is 1. The van der Waals surface area contributed by atoms with Crippen molar-refractivity contribution in [3.05, 3.63) is 41.7 Å². The molecule has 0 radical (unpaired) electrons. The summed E-state index contributed by atoms with van der Waals surface area (Å²) in [4.78, 5) is 10.9. The molecule has 17 heavy (non-hydrogen) atoms. The van der Waals surface area contributed by atoms with Crippen LogP contribution in [0.5, 0.6) is 11.5 Å². The first kappa shape index (κ1) is 11.3. The van der Waals surface area contributed by atoms with Crippen molar-refractivity contribution in [2.75, 3.05) is 14.2 Å². The minimum atomic E-state index is -0.350. The molecule has 0 unspecified atom stereocenters. The van der Waals surface area contributed by atoms with E-state index in [1.54, 1.807) is 32.4 Å². The lowest BCUT2D eigenvalue weighted by molar-refractivity contribution is -0.132. The number of esters is 1. The second-order valence-electron chi connectivity index (χ2n) is 3.42. The summed E-state index contributed by atoms with van der Waals surface area (Å²) in [7, 11) is 3.15. The van der Waals surface area contributed by atoms with E-state index in [2.05, 4.69) is 0 Å². The van der Waals surface area contributed by atoms with Crippen LogP contribution in [-0.2, 0) is 9.53 Å². The minimum Gasteiger partial charge on any atom is -0.493 e. The number of carbonyl (C=O) groups is 1. The van der Waals surface area contributed by atoms with Crippen molar-refractivity contribution < 1.29 is 19.0 Å². The van der Waals surface area contributed by atoms with Gasteiger partial charge in [0, 0.05) is 6.08 Å². The standard InChI is InChI=1S/C13H12O4/c1-15-11-5-3-9(8-12(11)16-2)7-10-4-6-13(14)17-10/h3-8H,1-2H3/b10-7-. The van der Waals surface area contributed by atoms with Gasteiger partial charge in [-0.05, 0) is 29.8 Å². The van der Waals surface area contributed by atoms with Crippen LogP contribution in [0.25, 0.3) is 6.08 Å². The zero-order valence-electron chi connectivity index (χ0n) is 9.60. The average molecular weight is 232 g/mol. The molecule has 2 rings (SSSR count). The van der Waals surface area contributed by atoms with Crippen molar-refractivity contribution in [1.82, 2.24) is 0 Å². The predicted octanol–water partition coefficient (Wildman–Crippen LogP) is 2.16. The van der Waals surface area contributed by atoms with E-state index >= 15 is 0 Å². The van der Waals surface area contributed by atoms with Crippen molar-refractivity contribution in [3.63, 3.8) is 0 Å². The van der Waals surface area contributed by atoms with E-state index in [1.165, 1.54) is 6.08 Å². The molecule has 0 bridgehead atoms. The predicted molar refractivity (Wildman–Crippen MR) is 62.8 cm³/mol. The molecule has 1 heterocycles. The normalized spacial score (nSPS) is 16.1. The van der Waals surface area contributed by atoms with E-state index in [1.807, 2.05) is 12.1 Å². The maximum atomic E-state index is 10.9. The Labute approximate surface area is 99.1 Å². The summed E-state index contributed by atoms with van der Waals surface area (Å²) in [5.41, 5.74) is 0.872. The van der Waals surface area contributed by atoms with Crippen LogP contribution >= 0.6 is 0 Å². The Balaban J connectivity index is 2.28. The lowest BCUT2D eigenvalue weighted by Crippen LogP contribution is -1.92. The van der Waals surface area contributed by atoms with Crippen molar-refractivity contribution in [2.45, 2.75) is 0 Å². The van der Waals surface area contributed by atoms with Gasteiger partial charge in [0.2, 0.25) is 0 Å². The van der Waals surface area contributed by atoms with Gasteiger partial charge in [-0.15, -0.1) is 0 Å². The van der Waals surface area contributed by atoms with Gasteiger partial charge in [-0.1, -0.05) is 6.07 Å². The van der Waals surface area contributed by atoms with E-state index in [-0.39, 0.29) is 5.97 Å². The first-order valence-electron chi connectivity index (χ1n) is 5.06. The van der Waals surface area contributed by atoms with Gasteiger partial charge in [0.25, 0.3) is 0 Å². The van der Waals surface area contributed by atoms with Crippen LogP contribution in [0.15, 0.2) is 36.1 Å². The summed E-state index contributed by atoms with van der Waals surface area (Å²) in [6.45, 7) is 0. The van der Waals surface area contributed by atoms with Gasteiger partial charge in [0.15, 0.2) is 11.5 Å². The number of carbonyl (C=O) groups excluding carboxylic acids is 1. The van der Waals surface area contributed by atoms with Crippen LogP contribution < -0.4 is 9.47 Å². The molecule has 0 amide bonds. The average Bonchev–Trinajstić information content (AvgIpc) is 2.74. The lowest BCUT2D eigenvalue weighted by atomic mass is 10.2. The van der Waals surface area contributed by atoms with Crippen molar-refractivity contribution in [2.24, 2.45) is 0 Å². The largest absolute Gasteiger partial charge is 0.493 e. The summed E-state index contributed by atoms with van der Waals surface area (Å²) in [5, 5.41) is 0. The smallest absolute Gasteiger partial charge is 0.336 e. The Morgan fingerprint density at radius 3 is 2.47 bits per heavy atom. The van der Waals surface area contributed by atoms with Gasteiger partial charge in [0.05, 0.1) is 14.2 Å². The first-order chi connectivity index (χ1) is 8.22. The van der Waals surface area contributed by atoms with E-state index in [0.717, 1.165) is 5.56 Å². The second-order valence-corrected chi connectivity index (χ2v) is 3.42. The molecule has 1 aliphatic rings. The number of allylic oxidation sites excluding steroid dienone is 1. The van der Waals surface area contributed by atoms with Crippen LogP contribution in [0.3, 0.4) is 0 Å². The molecule has 0 spiro atoms. The molecular formula is C13H12O4. The number of hydrogen-bond donors (Lipinski definition) is 0. The third-order valence-corrected chi connectivity index (χ3v) is 2.32. The quantitative estimate of drug-likeness (QED) is 0.749. The fourth-order valence-electron chi connectivity index (χ4n) is 1.52. The lowest BCUT2D eigenvalue weighted by Gasteiger charge is -2.07. The second kappa shape index (κ2) is 4.74. The summed E-state index contributed by atoms with van der Waals surface area (Å²) in [6.07, 6.45) is 4.76. The van der Waals surface area contributed by atoms with Crippen LogP contribution in [0, 0.1) is 0 Å². The monoisotopic (exact) mass is 232 g/mol. The zero-order chi connectivity index (χ0) is 12.3. The Hall–Kier alpha value is -2.23. The molecule has 0 saturated carbocycles. The molecule has 0 saturated heterocycles. The third kappa shape index (κ3) is 2.47. The number of methoxy groups -OCH3 is 2. The Morgan fingerprint density at radius 1 is 1.12 bits per heavy atom. The molecule has 0 atom stereocenters. The van der Waals surface area contributed by atoms with Crippen molar-refractivity contribution >= 4 is 12.0 Å². The van der Waals surface area contributed by atoms with Crippen LogP contribution in [-0.4, -0.2) is 20.2 Å². The Morgan fingerprint density at radius 2 is 1.88 bits per heavy atom. The van der Waals surface area contributed by atoms with Gasteiger partial charge in [-0.3, -0.25) is 0 Å². The number of benzene rings is 1. The molecule has 4 nitrogen and oxygen atoms in total. The summed E-state index contributed by atoms with van der Waals surface area (Å²) in [6, 6.07) is 5.46. The highest BCUT2D eigenvalue weighted by Crippen LogP contribution is 2.28. The molecular weight excluding hydrogens is 220 g/mol. The van der Waals surface area contributed by atoms with E-state index in [9.17, 15) is 4.79 Å². The Bertz CT molecular complexity index is 500. The minimum absolute atomic E-state index is 0.350. The number of ether oxygens (including phenoxy) is 3. The number of rotatable bonds is 3. The highest BCUT2D eigenvalue weighted by molar-refractivity contribution is 5.87. The summed E-state index contributed by atoms with van der Waals surface area (Å²) in [5.74, 6) is 1.46. The molecule has 0 aromatic heterocycles. The fourth-order valence-corrected chi connectivity index (χ4v) is 1.52. The Kier molecular flexibility index (Phi) is 3.14. The topological polar surface area (TPSA) is 44.8 Å². The first-order valence-corrected chi connectivity index (χ1v) is 5.06. The third-order valence-electron chi connectivity index (χ3n) is 2.32.